The molecule has 6 nitrogen and oxygen atoms in total. The number of hydrogen-bond donors (Lipinski definition) is 0. The molecule has 0 aliphatic rings. The third kappa shape index (κ3) is 61.9. The largest absolute Gasteiger partial charge is 0.462 e. The average Bonchev–Trinajstić information content (AvgIpc) is 3.44. The quantitative estimate of drug-likeness (QED) is 0.0261. The van der Waals surface area contributed by atoms with E-state index in [4.69, 9.17) is 14.2 Å². The number of hydrogen-bond acceptors (Lipinski definition) is 6. The van der Waals surface area contributed by atoms with Crippen molar-refractivity contribution in [1.29, 1.82) is 0 Å². The zero-order chi connectivity index (χ0) is 56.4. The number of rotatable bonds is 55. The second-order valence-electron chi connectivity index (χ2n) is 20.2. The van der Waals surface area contributed by atoms with Crippen molar-refractivity contribution in [3.05, 3.63) is 158 Å². The number of ether oxygens (including phenoxy) is 3. The van der Waals surface area contributed by atoms with E-state index in [0.29, 0.717) is 19.3 Å². The Morgan fingerprint density at radius 1 is 0.269 bits per heavy atom. The van der Waals surface area contributed by atoms with E-state index in [1.807, 2.05) is 0 Å². The Morgan fingerprint density at radius 2 is 0.500 bits per heavy atom. The molecule has 1 unspecified atom stereocenters. The molecule has 1 atom stereocenters. The summed E-state index contributed by atoms with van der Waals surface area (Å²) in [4.78, 5) is 38.1. The van der Waals surface area contributed by atoms with Crippen molar-refractivity contribution < 1.29 is 28.6 Å². The van der Waals surface area contributed by atoms with E-state index >= 15 is 0 Å². The van der Waals surface area contributed by atoms with Crippen LogP contribution in [0.1, 0.15) is 258 Å². The van der Waals surface area contributed by atoms with E-state index in [1.165, 1.54) is 57.8 Å². The SMILES string of the molecule is CC/C=C\C/C=C\C/C=C\C/C=C\C/C=C\C/C=C\C/C=C\C/C=C\C/C=C\CCCCCCCCCC(=O)OCC(COC(=O)CCCCCCCCCC)OC(=O)CCCCCC/C=C\C/C=C\C/C=C\C/C=C\CC. The smallest absolute Gasteiger partial charge is 0.306 e. The topological polar surface area (TPSA) is 78.9 Å². The predicted octanol–water partition coefficient (Wildman–Crippen LogP) is 21.7. The summed E-state index contributed by atoms with van der Waals surface area (Å²) in [5.74, 6) is -0.941. The van der Waals surface area contributed by atoms with Crippen molar-refractivity contribution >= 4 is 17.9 Å². The van der Waals surface area contributed by atoms with Crippen LogP contribution in [0.15, 0.2) is 158 Å². The van der Waals surface area contributed by atoms with Crippen LogP contribution in [0.25, 0.3) is 0 Å². The first-order chi connectivity index (χ1) is 38.5. The third-order valence-electron chi connectivity index (χ3n) is 12.8. The molecular weight excluding hydrogens is 961 g/mol. The summed E-state index contributed by atoms with van der Waals surface area (Å²) < 4.78 is 16.8. The molecule has 0 saturated heterocycles. The lowest BCUT2D eigenvalue weighted by Crippen LogP contribution is -2.30. The second-order valence-corrected chi connectivity index (χ2v) is 20.2. The van der Waals surface area contributed by atoms with E-state index in [-0.39, 0.29) is 31.1 Å². The summed E-state index contributed by atoms with van der Waals surface area (Å²) in [7, 11) is 0. The lowest BCUT2D eigenvalue weighted by Gasteiger charge is -2.18. The van der Waals surface area contributed by atoms with Crippen LogP contribution in [0.5, 0.6) is 0 Å². The second kappa shape index (κ2) is 64.6. The maximum atomic E-state index is 12.8. The van der Waals surface area contributed by atoms with Gasteiger partial charge < -0.3 is 14.2 Å². The van der Waals surface area contributed by atoms with E-state index < -0.39 is 6.10 Å². The molecule has 78 heavy (non-hydrogen) atoms. The maximum absolute atomic E-state index is 12.8. The normalized spacial score (nSPS) is 13.2. The molecule has 0 heterocycles. The van der Waals surface area contributed by atoms with Gasteiger partial charge >= 0.3 is 17.9 Å². The summed E-state index contributed by atoms with van der Waals surface area (Å²) in [6.07, 6.45) is 94.1. The molecule has 0 aliphatic carbocycles. The number of carbonyl (C=O) groups is 3. The van der Waals surface area contributed by atoms with Gasteiger partial charge in [-0.25, -0.2) is 0 Å². The van der Waals surface area contributed by atoms with E-state index in [0.717, 1.165) is 161 Å². The monoisotopic (exact) mass is 1070 g/mol. The molecule has 0 aliphatic heterocycles. The Balaban J connectivity index is 4.22. The number of esters is 3. The molecule has 0 aromatic carbocycles. The molecule has 0 aromatic heterocycles. The summed E-state index contributed by atoms with van der Waals surface area (Å²) in [6, 6.07) is 0. The molecule has 0 radical (unpaired) electrons. The van der Waals surface area contributed by atoms with Crippen molar-refractivity contribution in [2.75, 3.05) is 13.2 Å². The minimum atomic E-state index is -0.800. The molecule has 0 amide bonds. The molecule has 438 valence electrons. The highest BCUT2D eigenvalue weighted by Crippen LogP contribution is 2.14. The van der Waals surface area contributed by atoms with E-state index in [1.54, 1.807) is 0 Å². The maximum Gasteiger partial charge on any atom is 0.306 e. The van der Waals surface area contributed by atoms with Crippen molar-refractivity contribution in [3.8, 4) is 0 Å². The highest BCUT2D eigenvalue weighted by molar-refractivity contribution is 5.71. The van der Waals surface area contributed by atoms with Gasteiger partial charge in [-0.15, -0.1) is 0 Å². The van der Waals surface area contributed by atoms with Crippen molar-refractivity contribution in [1.82, 2.24) is 0 Å². The van der Waals surface area contributed by atoms with Gasteiger partial charge in [0.05, 0.1) is 0 Å². The fraction of sp³-hybridized carbons (Fsp3) is 0.597. The Bertz CT molecular complexity index is 1760. The van der Waals surface area contributed by atoms with Gasteiger partial charge in [0.1, 0.15) is 13.2 Å². The van der Waals surface area contributed by atoms with Gasteiger partial charge in [-0.2, -0.15) is 0 Å². The van der Waals surface area contributed by atoms with Gasteiger partial charge in [0.25, 0.3) is 0 Å². The van der Waals surface area contributed by atoms with Crippen LogP contribution in [-0.4, -0.2) is 37.2 Å². The van der Waals surface area contributed by atoms with Gasteiger partial charge in [-0.1, -0.05) is 269 Å². The summed E-state index contributed by atoms with van der Waals surface area (Å²) in [5.41, 5.74) is 0. The molecular formula is C72H114O6. The van der Waals surface area contributed by atoms with Crippen LogP contribution in [-0.2, 0) is 28.6 Å². The first kappa shape index (κ1) is 73.0. The lowest BCUT2D eigenvalue weighted by molar-refractivity contribution is -0.167. The fourth-order valence-corrected chi connectivity index (χ4v) is 8.13. The highest BCUT2D eigenvalue weighted by Gasteiger charge is 2.19. The third-order valence-corrected chi connectivity index (χ3v) is 12.8. The minimum absolute atomic E-state index is 0.0955. The van der Waals surface area contributed by atoms with Crippen molar-refractivity contribution in [2.24, 2.45) is 0 Å². The van der Waals surface area contributed by atoms with Crippen LogP contribution in [0, 0.1) is 0 Å². The Kier molecular flexibility index (Phi) is 60.4. The molecule has 6 heteroatoms. The molecule has 0 bridgehead atoms. The molecule has 0 saturated carbocycles. The van der Waals surface area contributed by atoms with E-state index in [9.17, 15) is 14.4 Å². The number of unbranched alkanes of at least 4 members (excludes halogenated alkanes) is 18. The van der Waals surface area contributed by atoms with Gasteiger partial charge in [0.2, 0.25) is 0 Å². The van der Waals surface area contributed by atoms with Crippen LogP contribution in [0.2, 0.25) is 0 Å². The van der Waals surface area contributed by atoms with Gasteiger partial charge in [0, 0.05) is 19.3 Å². The summed E-state index contributed by atoms with van der Waals surface area (Å²) >= 11 is 0. The van der Waals surface area contributed by atoms with E-state index in [2.05, 4.69) is 179 Å². The Hall–Kier alpha value is -4.97. The molecule has 0 N–H and O–H groups in total. The van der Waals surface area contributed by atoms with Crippen molar-refractivity contribution in [3.63, 3.8) is 0 Å². The van der Waals surface area contributed by atoms with Gasteiger partial charge in [-0.05, 0) is 128 Å². The molecule has 0 fully saturated rings. The Morgan fingerprint density at radius 3 is 0.782 bits per heavy atom. The zero-order valence-corrected chi connectivity index (χ0v) is 50.1. The molecule has 0 spiro atoms. The van der Waals surface area contributed by atoms with Gasteiger partial charge in [-0.3, -0.25) is 14.4 Å². The van der Waals surface area contributed by atoms with Crippen LogP contribution >= 0.6 is 0 Å². The van der Waals surface area contributed by atoms with Gasteiger partial charge in [0.15, 0.2) is 6.10 Å². The number of allylic oxidation sites excluding steroid dienone is 26. The zero-order valence-electron chi connectivity index (χ0n) is 50.1. The standard InChI is InChI=1S/C72H114O6/c1-4-7-10-13-16-19-21-23-25-27-28-29-30-31-32-33-34-35-36-37-38-39-40-41-42-43-44-46-47-49-51-53-56-59-62-65-71(74)77-68-69(67-76-70(73)64-61-58-55-18-15-12-9-6-3)78-72(75)66-63-60-57-54-52-50-48-45-26-24-22-20-17-14-11-8-5-2/h7-8,10-11,16-17,19-20,23-26,28-29,31-32,34-35,37-38,40-41,43-44,48,50,69H,4-6,9,12-15,18,21-22,27,30,33,36,39,42,45-47,49,51-68H2,1-3H3/b10-7-,11-8-,19-16-,20-17-,25-23-,26-24-,29-28-,32-31-,35-34-,38-37-,41-40-,44-43-,50-48-. The van der Waals surface area contributed by atoms with Crippen LogP contribution in [0.3, 0.4) is 0 Å². The molecule has 0 rings (SSSR count). The first-order valence-corrected chi connectivity index (χ1v) is 31.5. The van der Waals surface area contributed by atoms with Crippen LogP contribution < -0.4 is 0 Å². The summed E-state index contributed by atoms with van der Waals surface area (Å²) in [6.45, 7) is 6.34. The highest BCUT2D eigenvalue weighted by atomic mass is 16.6. The van der Waals surface area contributed by atoms with Crippen LogP contribution in [0.4, 0.5) is 0 Å². The predicted molar refractivity (Wildman–Crippen MR) is 338 cm³/mol. The van der Waals surface area contributed by atoms with Crippen molar-refractivity contribution in [2.45, 2.75) is 264 Å². The lowest BCUT2D eigenvalue weighted by atomic mass is 10.1. The molecule has 0 aromatic rings. The number of carbonyl (C=O) groups excluding carboxylic acids is 3. The average molecular weight is 1080 g/mol. The first-order valence-electron chi connectivity index (χ1n) is 31.5. The minimum Gasteiger partial charge on any atom is -0.462 e. The fourth-order valence-electron chi connectivity index (χ4n) is 8.13. The Labute approximate surface area is 480 Å². The summed E-state index contributed by atoms with van der Waals surface area (Å²) in [5, 5.41) is 0.